The average molecular weight is 643 g/mol. The van der Waals surface area contributed by atoms with Crippen LogP contribution in [0, 0.1) is 10.8 Å². The molecule has 0 radical (unpaired) electrons. The van der Waals surface area contributed by atoms with Gasteiger partial charge in [0.2, 0.25) is 0 Å². The second kappa shape index (κ2) is 11.1. The molecule has 8 nitrogen and oxygen atoms in total. The third-order valence-electron chi connectivity index (χ3n) is 7.02. The van der Waals surface area contributed by atoms with Gasteiger partial charge in [-0.15, -0.1) is 0 Å². The van der Waals surface area contributed by atoms with Crippen LogP contribution in [0.3, 0.4) is 0 Å². The van der Waals surface area contributed by atoms with E-state index in [4.69, 9.17) is 9.40 Å². The molecule has 0 saturated carbocycles. The van der Waals surface area contributed by atoms with E-state index in [9.17, 15) is 4.79 Å². The molecular formula is C28H31IN6O2S. The van der Waals surface area contributed by atoms with Gasteiger partial charge in [-0.05, 0) is 6.92 Å². The molecule has 0 aliphatic carbocycles. The third-order valence-corrected chi connectivity index (χ3v) is 12.1. The minimum atomic E-state index is -1.67. The molecule has 5 heterocycles. The van der Waals surface area contributed by atoms with Crippen LogP contribution in [0.4, 0.5) is 5.82 Å². The summed E-state index contributed by atoms with van der Waals surface area (Å²) in [5.74, 6) is 1.21. The molecule has 6 rings (SSSR count). The van der Waals surface area contributed by atoms with Crippen molar-refractivity contribution in [3.8, 4) is 11.6 Å². The first-order valence-corrected chi connectivity index (χ1v) is 18.6. The number of aromatic nitrogens is 4. The molecule has 0 bridgehead atoms. The maximum absolute atomic E-state index is 13.9. The van der Waals surface area contributed by atoms with E-state index >= 15 is 0 Å². The normalized spacial score (nSPS) is 17.8. The predicted octanol–water partition coefficient (Wildman–Crippen LogP) is 5.98. The SMILES string of the molecule is Cc1csc([C@H]2CCCN2C(=O)c2cc(-c3nnc(I(C)Cc4ccccc4)o3)nc(N3CCCC3)c2)n1. The number of likely N-dealkylation sites (tertiary alicyclic amines) is 1. The molecule has 2 aliphatic rings. The first-order valence-electron chi connectivity index (χ1n) is 13.0. The zero-order chi connectivity index (χ0) is 26.1. The van der Waals surface area contributed by atoms with E-state index < -0.39 is 19.8 Å². The van der Waals surface area contributed by atoms with E-state index in [1.807, 2.05) is 30.0 Å². The topological polar surface area (TPSA) is 88.2 Å². The number of amides is 1. The van der Waals surface area contributed by atoms with Crippen LogP contribution in [0.15, 0.2) is 52.3 Å². The van der Waals surface area contributed by atoms with E-state index in [2.05, 4.69) is 54.7 Å². The average Bonchev–Trinajstić information content (AvgIpc) is 3.75. The number of alkyl halides is 2. The Bertz CT molecular complexity index is 1420. The van der Waals surface area contributed by atoms with Gasteiger partial charge in [-0.3, -0.25) is 0 Å². The van der Waals surface area contributed by atoms with Gasteiger partial charge in [0.05, 0.1) is 0 Å². The van der Waals surface area contributed by atoms with E-state index in [1.54, 1.807) is 11.3 Å². The molecule has 10 heteroatoms. The molecule has 3 aromatic heterocycles. The van der Waals surface area contributed by atoms with Gasteiger partial charge >= 0.3 is 228 Å². The quantitative estimate of drug-likeness (QED) is 0.181. The molecular weight excluding hydrogens is 611 g/mol. The van der Waals surface area contributed by atoms with Crippen LogP contribution >= 0.6 is 31.2 Å². The van der Waals surface area contributed by atoms with Crippen LogP contribution in [-0.2, 0) is 4.43 Å². The second-order valence-corrected chi connectivity index (χ2v) is 15.8. The fourth-order valence-electron chi connectivity index (χ4n) is 5.11. The number of carbonyl (C=O) groups is 1. The number of halogens is 1. The van der Waals surface area contributed by atoms with E-state index in [0.717, 1.165) is 70.2 Å². The predicted molar refractivity (Wildman–Crippen MR) is 158 cm³/mol. The molecule has 198 valence electrons. The number of rotatable bonds is 7. The zero-order valence-electron chi connectivity index (χ0n) is 21.6. The van der Waals surface area contributed by atoms with Crippen molar-refractivity contribution >= 4 is 42.9 Å². The molecule has 0 N–H and O–H groups in total. The van der Waals surface area contributed by atoms with Crippen LogP contribution < -0.4 is 4.90 Å². The number of pyridine rings is 1. The maximum atomic E-state index is 13.9. The summed E-state index contributed by atoms with van der Waals surface area (Å²) in [5, 5.41) is 11.9. The first kappa shape index (κ1) is 25.4. The van der Waals surface area contributed by atoms with Crippen LogP contribution in [0.1, 0.15) is 58.3 Å². The van der Waals surface area contributed by atoms with Crippen LogP contribution in [0.25, 0.3) is 11.6 Å². The summed E-state index contributed by atoms with van der Waals surface area (Å²) in [6.45, 7) is 4.60. The third kappa shape index (κ3) is 5.33. The number of hydrogen-bond donors (Lipinski definition) is 0. The van der Waals surface area contributed by atoms with Crippen molar-refractivity contribution in [2.24, 2.45) is 0 Å². The van der Waals surface area contributed by atoms with Crippen molar-refractivity contribution < 1.29 is 9.21 Å². The van der Waals surface area contributed by atoms with Crippen molar-refractivity contribution in [3.63, 3.8) is 0 Å². The molecule has 0 unspecified atom stereocenters. The molecule has 1 aromatic carbocycles. The van der Waals surface area contributed by atoms with Gasteiger partial charge in [-0.2, -0.15) is 0 Å². The Kier molecular flexibility index (Phi) is 7.42. The van der Waals surface area contributed by atoms with E-state index in [-0.39, 0.29) is 11.9 Å². The van der Waals surface area contributed by atoms with Gasteiger partial charge in [-0.25, -0.2) is 0 Å². The number of anilines is 1. The van der Waals surface area contributed by atoms with Crippen molar-refractivity contribution in [2.75, 3.05) is 29.5 Å². The molecule has 2 fully saturated rings. The van der Waals surface area contributed by atoms with E-state index in [1.165, 1.54) is 5.56 Å². The number of thiazole rings is 1. The van der Waals surface area contributed by atoms with Crippen LogP contribution in [-0.4, -0.2) is 55.5 Å². The second-order valence-electron chi connectivity index (χ2n) is 9.85. The van der Waals surface area contributed by atoms with Gasteiger partial charge in [0.15, 0.2) is 0 Å². The fourth-order valence-corrected chi connectivity index (χ4v) is 9.27. The van der Waals surface area contributed by atoms with Crippen molar-refractivity contribution in [2.45, 2.75) is 43.1 Å². The Balaban J connectivity index is 1.30. The van der Waals surface area contributed by atoms with Crippen molar-refractivity contribution in [3.05, 3.63) is 73.6 Å². The number of nitrogens with zero attached hydrogens (tertiary/aromatic N) is 6. The first-order chi connectivity index (χ1) is 18.5. The Hall–Kier alpha value is -2.86. The van der Waals surface area contributed by atoms with Gasteiger partial charge < -0.3 is 0 Å². The van der Waals surface area contributed by atoms with Crippen LogP contribution in [0.5, 0.6) is 0 Å². The fraction of sp³-hybridized carbons (Fsp3) is 0.393. The summed E-state index contributed by atoms with van der Waals surface area (Å²) in [4.78, 5) is 29.9. The molecule has 2 saturated heterocycles. The summed E-state index contributed by atoms with van der Waals surface area (Å²) in [5.41, 5.74) is 3.48. The molecule has 2 aliphatic heterocycles. The van der Waals surface area contributed by atoms with E-state index in [0.29, 0.717) is 17.1 Å². The summed E-state index contributed by atoms with van der Waals surface area (Å²) >= 11 is -0.0338. The summed E-state index contributed by atoms with van der Waals surface area (Å²) in [6.07, 6.45) is 4.16. The van der Waals surface area contributed by atoms with Crippen molar-refractivity contribution in [1.29, 1.82) is 0 Å². The Morgan fingerprint density at radius 3 is 2.66 bits per heavy atom. The molecule has 1 atom stereocenters. The van der Waals surface area contributed by atoms with Gasteiger partial charge in [0.25, 0.3) is 0 Å². The summed E-state index contributed by atoms with van der Waals surface area (Å²) in [7, 11) is 0. The summed E-state index contributed by atoms with van der Waals surface area (Å²) < 4.78 is 7.90. The van der Waals surface area contributed by atoms with Gasteiger partial charge in [0.1, 0.15) is 0 Å². The zero-order valence-corrected chi connectivity index (χ0v) is 24.6. The minimum absolute atomic E-state index is 0.0113. The number of aryl methyl sites for hydroxylation is 1. The Morgan fingerprint density at radius 2 is 1.89 bits per heavy atom. The standard InChI is InChI=1S/C28H31IN6O2S/c1-19-18-38-26(30-19)23-11-8-14-35(23)27(36)21-15-22(31-24(16-21)34-12-6-7-13-34)25-32-33-28(37-25)29(2)17-20-9-4-3-5-10-20/h3-5,9-10,15-16,18,23H,6-8,11-14,17H2,1-2H3/t23-/m1/s1. The molecule has 4 aromatic rings. The Morgan fingerprint density at radius 1 is 1.08 bits per heavy atom. The Labute approximate surface area is 233 Å². The molecule has 0 spiro atoms. The van der Waals surface area contributed by atoms with Gasteiger partial charge in [-0.1, -0.05) is 0 Å². The van der Waals surface area contributed by atoms with Crippen molar-refractivity contribution in [1.82, 2.24) is 25.1 Å². The number of benzene rings is 1. The number of hydrogen-bond acceptors (Lipinski definition) is 8. The monoisotopic (exact) mass is 642 g/mol. The number of carbonyl (C=O) groups excluding carboxylic acids is 1. The van der Waals surface area contributed by atoms with Crippen LogP contribution in [0.2, 0.25) is 0 Å². The molecule has 1 amide bonds. The molecule has 38 heavy (non-hydrogen) atoms. The van der Waals surface area contributed by atoms with Gasteiger partial charge in [0, 0.05) is 0 Å². The summed E-state index contributed by atoms with van der Waals surface area (Å²) in [6, 6.07) is 14.2.